The minimum absolute atomic E-state index is 0.955. The van der Waals surface area contributed by atoms with Gasteiger partial charge in [0.1, 0.15) is 0 Å². The monoisotopic (exact) mass is 178 g/mol. The molecule has 1 aromatic heterocycles. The average molecular weight is 178 g/mol. The molecule has 13 heavy (non-hydrogen) atoms. The van der Waals surface area contributed by atoms with Gasteiger partial charge in [0, 0.05) is 12.4 Å². The predicted octanol–water partition coefficient (Wildman–Crippen LogP) is 1.95. The van der Waals surface area contributed by atoms with Gasteiger partial charge in [-0.25, -0.2) is 0 Å². The maximum Gasteiger partial charge on any atom is 0.00373 e. The summed E-state index contributed by atoms with van der Waals surface area (Å²) in [4.78, 5) is 3.11. The van der Waals surface area contributed by atoms with Crippen molar-refractivity contribution in [1.82, 2.24) is 10.3 Å². The third-order valence-electron chi connectivity index (χ3n) is 2.96. The fraction of sp³-hybridized carbons (Fsp3) is 0.636. The zero-order chi connectivity index (χ0) is 8.93. The molecule has 1 saturated heterocycles. The molecule has 0 aromatic carbocycles. The van der Waals surface area contributed by atoms with Gasteiger partial charge < -0.3 is 10.3 Å². The van der Waals surface area contributed by atoms with Gasteiger partial charge in [-0.15, -0.1) is 0 Å². The Bertz CT molecular complexity index is 222. The van der Waals surface area contributed by atoms with Crippen LogP contribution in [-0.4, -0.2) is 18.1 Å². The lowest BCUT2D eigenvalue weighted by molar-refractivity contribution is 0.354. The molecule has 0 radical (unpaired) electrons. The summed E-state index contributed by atoms with van der Waals surface area (Å²) in [6, 6.07) is 2.18. The van der Waals surface area contributed by atoms with Crippen LogP contribution in [0.5, 0.6) is 0 Å². The van der Waals surface area contributed by atoms with Gasteiger partial charge in [-0.1, -0.05) is 0 Å². The molecule has 2 N–H and O–H groups in total. The molecule has 2 nitrogen and oxygen atoms in total. The van der Waals surface area contributed by atoms with E-state index in [9.17, 15) is 0 Å². The first-order valence-electron chi connectivity index (χ1n) is 5.27. The molecule has 0 saturated carbocycles. The average Bonchev–Trinajstić information content (AvgIpc) is 2.69. The van der Waals surface area contributed by atoms with Crippen LogP contribution in [0.25, 0.3) is 0 Å². The number of H-pyrrole nitrogens is 1. The molecule has 0 amide bonds. The second-order valence-electron chi connectivity index (χ2n) is 3.95. The Labute approximate surface area is 79.7 Å². The minimum Gasteiger partial charge on any atom is -0.367 e. The van der Waals surface area contributed by atoms with Crippen molar-refractivity contribution in [3.8, 4) is 0 Å². The van der Waals surface area contributed by atoms with E-state index in [1.165, 1.54) is 44.3 Å². The first-order valence-corrected chi connectivity index (χ1v) is 5.27. The lowest BCUT2D eigenvalue weighted by Gasteiger charge is -2.22. The fourth-order valence-electron chi connectivity index (χ4n) is 2.06. The fourth-order valence-corrected chi connectivity index (χ4v) is 2.06. The standard InChI is InChI=1S/C11H18N2/c1(2-11-5-8-13-9-11)10-3-6-12-7-4-10/h5,8-10,12-13H,1-4,6-7H2. The Hall–Kier alpha value is -0.760. The maximum absolute atomic E-state index is 3.40. The van der Waals surface area contributed by atoms with E-state index in [0.29, 0.717) is 0 Å². The molecular formula is C11H18N2. The smallest absolute Gasteiger partial charge is 0.00373 e. The summed E-state index contributed by atoms with van der Waals surface area (Å²) >= 11 is 0. The van der Waals surface area contributed by atoms with Gasteiger partial charge in [0.15, 0.2) is 0 Å². The van der Waals surface area contributed by atoms with E-state index < -0.39 is 0 Å². The number of hydrogen-bond donors (Lipinski definition) is 2. The van der Waals surface area contributed by atoms with E-state index in [0.717, 1.165) is 5.92 Å². The van der Waals surface area contributed by atoms with Crippen LogP contribution >= 0.6 is 0 Å². The molecule has 0 spiro atoms. The molecule has 72 valence electrons. The minimum atomic E-state index is 0.955. The van der Waals surface area contributed by atoms with E-state index in [-0.39, 0.29) is 0 Å². The summed E-state index contributed by atoms with van der Waals surface area (Å²) in [7, 11) is 0. The summed E-state index contributed by atoms with van der Waals surface area (Å²) in [5.41, 5.74) is 1.46. The van der Waals surface area contributed by atoms with Gasteiger partial charge in [0.25, 0.3) is 0 Å². The van der Waals surface area contributed by atoms with Crippen molar-refractivity contribution in [3.63, 3.8) is 0 Å². The quantitative estimate of drug-likeness (QED) is 0.727. The van der Waals surface area contributed by atoms with Crippen LogP contribution in [0.15, 0.2) is 18.5 Å². The van der Waals surface area contributed by atoms with Crippen molar-refractivity contribution in [1.29, 1.82) is 0 Å². The van der Waals surface area contributed by atoms with Crippen molar-refractivity contribution in [2.45, 2.75) is 25.7 Å². The highest BCUT2D eigenvalue weighted by Crippen LogP contribution is 2.18. The Kier molecular flexibility index (Phi) is 3.03. The van der Waals surface area contributed by atoms with E-state index in [1.807, 2.05) is 6.20 Å². The second-order valence-corrected chi connectivity index (χ2v) is 3.95. The lowest BCUT2D eigenvalue weighted by Crippen LogP contribution is -2.27. The van der Waals surface area contributed by atoms with Gasteiger partial charge in [0.05, 0.1) is 0 Å². The Morgan fingerprint density at radius 3 is 2.85 bits per heavy atom. The molecule has 1 aromatic rings. The Morgan fingerprint density at radius 1 is 1.31 bits per heavy atom. The highest BCUT2D eigenvalue weighted by molar-refractivity contribution is 5.08. The SMILES string of the molecule is c1cc(CCC2CCNCC2)c[nH]1. The zero-order valence-electron chi connectivity index (χ0n) is 8.05. The van der Waals surface area contributed by atoms with Gasteiger partial charge in [0.2, 0.25) is 0 Å². The van der Waals surface area contributed by atoms with Crippen LogP contribution < -0.4 is 5.32 Å². The number of piperidine rings is 1. The van der Waals surface area contributed by atoms with Crippen molar-refractivity contribution in [2.24, 2.45) is 5.92 Å². The molecule has 2 rings (SSSR count). The summed E-state index contributed by atoms with van der Waals surface area (Å²) in [5.74, 6) is 0.955. The normalized spacial score (nSPS) is 19.1. The summed E-state index contributed by atoms with van der Waals surface area (Å²) in [6.45, 7) is 2.44. The number of hydrogen-bond acceptors (Lipinski definition) is 1. The van der Waals surface area contributed by atoms with Crippen molar-refractivity contribution in [2.75, 3.05) is 13.1 Å². The largest absolute Gasteiger partial charge is 0.367 e. The number of aryl methyl sites for hydroxylation is 1. The molecule has 2 heterocycles. The first-order chi connectivity index (χ1) is 6.45. The van der Waals surface area contributed by atoms with E-state index in [4.69, 9.17) is 0 Å². The molecule has 0 aliphatic carbocycles. The topological polar surface area (TPSA) is 27.8 Å². The summed E-state index contributed by atoms with van der Waals surface area (Å²) < 4.78 is 0. The van der Waals surface area contributed by atoms with Crippen molar-refractivity contribution in [3.05, 3.63) is 24.0 Å². The molecule has 2 heteroatoms. The molecule has 1 aliphatic heterocycles. The Balaban J connectivity index is 1.72. The van der Waals surface area contributed by atoms with Crippen LogP contribution in [0.2, 0.25) is 0 Å². The van der Waals surface area contributed by atoms with Crippen molar-refractivity contribution >= 4 is 0 Å². The molecule has 0 bridgehead atoms. The molecule has 1 aliphatic rings. The second kappa shape index (κ2) is 4.47. The first kappa shape index (κ1) is 8.82. The summed E-state index contributed by atoms with van der Waals surface area (Å²) in [6.07, 6.45) is 9.46. The molecule has 0 atom stereocenters. The van der Waals surface area contributed by atoms with Gasteiger partial charge in [-0.2, -0.15) is 0 Å². The number of rotatable bonds is 3. The van der Waals surface area contributed by atoms with Gasteiger partial charge in [-0.05, 0) is 56.3 Å². The van der Waals surface area contributed by atoms with Gasteiger partial charge >= 0.3 is 0 Å². The van der Waals surface area contributed by atoms with E-state index in [1.54, 1.807) is 0 Å². The summed E-state index contributed by atoms with van der Waals surface area (Å²) in [5, 5.41) is 3.40. The highest BCUT2D eigenvalue weighted by Gasteiger charge is 2.12. The Morgan fingerprint density at radius 2 is 2.15 bits per heavy atom. The van der Waals surface area contributed by atoms with Crippen LogP contribution in [0.4, 0.5) is 0 Å². The molecular weight excluding hydrogens is 160 g/mol. The zero-order valence-corrected chi connectivity index (χ0v) is 8.05. The van der Waals surface area contributed by atoms with Gasteiger partial charge in [-0.3, -0.25) is 0 Å². The predicted molar refractivity (Wildman–Crippen MR) is 54.7 cm³/mol. The molecule has 0 unspecified atom stereocenters. The lowest BCUT2D eigenvalue weighted by atomic mass is 9.92. The van der Waals surface area contributed by atoms with Crippen LogP contribution in [0, 0.1) is 5.92 Å². The van der Waals surface area contributed by atoms with Crippen molar-refractivity contribution < 1.29 is 0 Å². The van der Waals surface area contributed by atoms with Crippen LogP contribution in [0.1, 0.15) is 24.8 Å². The van der Waals surface area contributed by atoms with Crippen LogP contribution in [-0.2, 0) is 6.42 Å². The van der Waals surface area contributed by atoms with E-state index in [2.05, 4.69) is 22.6 Å². The third kappa shape index (κ3) is 2.59. The van der Waals surface area contributed by atoms with Crippen LogP contribution in [0.3, 0.4) is 0 Å². The number of aromatic amines is 1. The maximum atomic E-state index is 3.40. The number of aromatic nitrogens is 1. The molecule has 1 fully saturated rings. The number of nitrogens with one attached hydrogen (secondary N) is 2. The third-order valence-corrected chi connectivity index (χ3v) is 2.96. The van der Waals surface area contributed by atoms with E-state index >= 15 is 0 Å². The highest BCUT2D eigenvalue weighted by atomic mass is 14.9.